The van der Waals surface area contributed by atoms with Crippen molar-refractivity contribution in [3.05, 3.63) is 35.4 Å². The van der Waals surface area contributed by atoms with Gasteiger partial charge in [0.2, 0.25) is 0 Å². The standard InChI is InChI=1S/C12H14F2N4/c1-3-9-16-10(4-2)18(17-9)12-8(15)6-5-7(13)11(12)14/h5-6H,3-4,15H2,1-2H3. The molecule has 0 fully saturated rings. The van der Waals surface area contributed by atoms with Gasteiger partial charge in [-0.3, -0.25) is 0 Å². The topological polar surface area (TPSA) is 56.7 Å². The molecule has 2 aromatic rings. The summed E-state index contributed by atoms with van der Waals surface area (Å²) in [4.78, 5) is 4.24. The minimum Gasteiger partial charge on any atom is -0.397 e. The second-order valence-corrected chi connectivity index (χ2v) is 3.86. The molecule has 0 atom stereocenters. The Morgan fingerprint density at radius 3 is 2.56 bits per heavy atom. The minimum absolute atomic E-state index is 0.0703. The van der Waals surface area contributed by atoms with Crippen molar-refractivity contribution >= 4 is 5.69 Å². The average Bonchev–Trinajstić information content (AvgIpc) is 2.77. The normalized spacial score (nSPS) is 10.9. The molecule has 0 aliphatic heterocycles. The van der Waals surface area contributed by atoms with Gasteiger partial charge in [-0.2, -0.15) is 5.10 Å². The molecule has 0 amide bonds. The van der Waals surface area contributed by atoms with Crippen LogP contribution in [0.4, 0.5) is 14.5 Å². The Morgan fingerprint density at radius 2 is 1.94 bits per heavy atom. The number of nitrogens with zero attached hydrogens (tertiary/aromatic N) is 3. The van der Waals surface area contributed by atoms with E-state index in [1.165, 1.54) is 10.7 Å². The number of anilines is 1. The Kier molecular flexibility index (Phi) is 3.27. The highest BCUT2D eigenvalue weighted by molar-refractivity contribution is 5.58. The Hall–Kier alpha value is -1.98. The van der Waals surface area contributed by atoms with Crippen molar-refractivity contribution in [1.29, 1.82) is 0 Å². The van der Waals surface area contributed by atoms with Gasteiger partial charge in [0.05, 0.1) is 5.69 Å². The van der Waals surface area contributed by atoms with Gasteiger partial charge >= 0.3 is 0 Å². The summed E-state index contributed by atoms with van der Waals surface area (Å²) in [7, 11) is 0. The number of aromatic nitrogens is 3. The summed E-state index contributed by atoms with van der Waals surface area (Å²) in [6.07, 6.45) is 1.18. The van der Waals surface area contributed by atoms with Crippen molar-refractivity contribution < 1.29 is 8.78 Å². The van der Waals surface area contributed by atoms with Gasteiger partial charge in [-0.05, 0) is 12.1 Å². The summed E-state index contributed by atoms with van der Waals surface area (Å²) in [6.45, 7) is 3.76. The quantitative estimate of drug-likeness (QED) is 0.852. The predicted octanol–water partition coefficient (Wildman–Crippen LogP) is 2.25. The van der Waals surface area contributed by atoms with Crippen LogP contribution in [-0.2, 0) is 12.8 Å². The Morgan fingerprint density at radius 1 is 1.22 bits per heavy atom. The molecule has 96 valence electrons. The maximum atomic E-state index is 13.8. The predicted molar refractivity (Wildman–Crippen MR) is 64.4 cm³/mol. The van der Waals surface area contributed by atoms with Gasteiger partial charge in [-0.1, -0.05) is 13.8 Å². The van der Waals surface area contributed by atoms with Crippen molar-refractivity contribution in [3.63, 3.8) is 0 Å². The first kappa shape index (κ1) is 12.5. The maximum absolute atomic E-state index is 13.8. The molecule has 0 unspecified atom stereocenters. The number of aryl methyl sites for hydroxylation is 2. The van der Waals surface area contributed by atoms with E-state index in [-0.39, 0.29) is 11.4 Å². The highest BCUT2D eigenvalue weighted by Gasteiger charge is 2.18. The molecule has 0 aliphatic rings. The summed E-state index contributed by atoms with van der Waals surface area (Å²) in [5.41, 5.74) is 5.77. The molecule has 0 radical (unpaired) electrons. The van der Waals surface area contributed by atoms with E-state index in [1.807, 2.05) is 13.8 Å². The van der Waals surface area contributed by atoms with Gasteiger partial charge in [0, 0.05) is 12.8 Å². The SMILES string of the molecule is CCc1nc(CC)n(-c2c(N)ccc(F)c2F)n1. The zero-order valence-corrected chi connectivity index (χ0v) is 10.2. The third-order valence-corrected chi connectivity index (χ3v) is 2.66. The Bertz CT molecular complexity index is 578. The van der Waals surface area contributed by atoms with Crippen LogP contribution in [0.15, 0.2) is 12.1 Å². The van der Waals surface area contributed by atoms with Gasteiger partial charge in [-0.25, -0.2) is 18.4 Å². The van der Waals surface area contributed by atoms with Crippen molar-refractivity contribution in [2.24, 2.45) is 0 Å². The van der Waals surface area contributed by atoms with Crippen molar-refractivity contribution in [3.8, 4) is 5.69 Å². The summed E-state index contributed by atoms with van der Waals surface area (Å²) in [5, 5.41) is 4.15. The summed E-state index contributed by atoms with van der Waals surface area (Å²) in [5.74, 6) is -0.815. The number of nitrogen functional groups attached to an aromatic ring is 1. The summed E-state index contributed by atoms with van der Waals surface area (Å²) < 4.78 is 28.4. The van der Waals surface area contributed by atoms with Gasteiger partial charge < -0.3 is 5.73 Å². The molecule has 6 heteroatoms. The minimum atomic E-state index is -1.00. The lowest BCUT2D eigenvalue weighted by atomic mass is 10.2. The molecule has 18 heavy (non-hydrogen) atoms. The molecule has 0 spiro atoms. The molecule has 2 N–H and O–H groups in total. The highest BCUT2D eigenvalue weighted by Crippen LogP contribution is 2.24. The Balaban J connectivity index is 2.68. The molecule has 1 heterocycles. The first-order valence-corrected chi connectivity index (χ1v) is 5.77. The maximum Gasteiger partial charge on any atom is 0.186 e. The number of hydrogen-bond acceptors (Lipinski definition) is 3. The van der Waals surface area contributed by atoms with Crippen LogP contribution in [0.1, 0.15) is 25.5 Å². The number of rotatable bonds is 3. The van der Waals surface area contributed by atoms with Crippen LogP contribution in [0.25, 0.3) is 5.69 Å². The van der Waals surface area contributed by atoms with Crippen LogP contribution < -0.4 is 5.73 Å². The molecule has 4 nitrogen and oxygen atoms in total. The summed E-state index contributed by atoms with van der Waals surface area (Å²) in [6, 6.07) is 2.32. The van der Waals surface area contributed by atoms with Crippen molar-refractivity contribution in [2.75, 3.05) is 5.73 Å². The van der Waals surface area contributed by atoms with E-state index >= 15 is 0 Å². The molecular formula is C12H14F2N4. The van der Waals surface area contributed by atoms with Crippen LogP contribution in [0, 0.1) is 11.6 Å². The van der Waals surface area contributed by atoms with Crippen LogP contribution in [0.5, 0.6) is 0 Å². The molecule has 2 rings (SSSR count). The molecule has 1 aromatic heterocycles. The number of hydrogen-bond donors (Lipinski definition) is 1. The molecule has 0 bridgehead atoms. The van der Waals surface area contributed by atoms with Crippen molar-refractivity contribution in [2.45, 2.75) is 26.7 Å². The number of nitrogens with two attached hydrogens (primary N) is 1. The van der Waals surface area contributed by atoms with E-state index in [1.54, 1.807) is 0 Å². The van der Waals surface area contributed by atoms with Crippen LogP contribution in [0.2, 0.25) is 0 Å². The molecule has 0 aliphatic carbocycles. The van der Waals surface area contributed by atoms with Gasteiger partial charge in [-0.15, -0.1) is 0 Å². The van der Waals surface area contributed by atoms with Crippen LogP contribution in [-0.4, -0.2) is 14.8 Å². The highest BCUT2D eigenvalue weighted by atomic mass is 19.2. The van der Waals surface area contributed by atoms with Crippen LogP contribution in [0.3, 0.4) is 0 Å². The summed E-state index contributed by atoms with van der Waals surface area (Å²) >= 11 is 0. The second kappa shape index (κ2) is 4.72. The van der Waals surface area contributed by atoms with Gasteiger partial charge in [0.15, 0.2) is 17.5 Å². The van der Waals surface area contributed by atoms with E-state index in [0.717, 1.165) is 6.07 Å². The lowest BCUT2D eigenvalue weighted by molar-refractivity contribution is 0.500. The molecule has 0 saturated carbocycles. The van der Waals surface area contributed by atoms with E-state index in [0.29, 0.717) is 24.5 Å². The van der Waals surface area contributed by atoms with Crippen LogP contribution >= 0.6 is 0 Å². The first-order chi connectivity index (χ1) is 8.58. The van der Waals surface area contributed by atoms with E-state index < -0.39 is 11.6 Å². The Labute approximate surface area is 103 Å². The lowest BCUT2D eigenvalue weighted by Crippen LogP contribution is -2.09. The molecule has 1 aromatic carbocycles. The fourth-order valence-corrected chi connectivity index (χ4v) is 1.72. The lowest BCUT2D eigenvalue weighted by Gasteiger charge is -2.09. The zero-order chi connectivity index (χ0) is 13.3. The largest absolute Gasteiger partial charge is 0.397 e. The van der Waals surface area contributed by atoms with E-state index in [2.05, 4.69) is 10.1 Å². The number of halogens is 2. The fourth-order valence-electron chi connectivity index (χ4n) is 1.72. The molecular weight excluding hydrogens is 238 g/mol. The van der Waals surface area contributed by atoms with Gasteiger partial charge in [0.1, 0.15) is 11.5 Å². The second-order valence-electron chi connectivity index (χ2n) is 3.86. The average molecular weight is 252 g/mol. The third kappa shape index (κ3) is 1.94. The van der Waals surface area contributed by atoms with Gasteiger partial charge in [0.25, 0.3) is 0 Å². The van der Waals surface area contributed by atoms with E-state index in [4.69, 9.17) is 5.73 Å². The van der Waals surface area contributed by atoms with E-state index in [9.17, 15) is 8.78 Å². The van der Waals surface area contributed by atoms with Crippen molar-refractivity contribution in [1.82, 2.24) is 14.8 Å². The smallest absolute Gasteiger partial charge is 0.186 e. The first-order valence-electron chi connectivity index (χ1n) is 5.77. The number of benzene rings is 1. The fraction of sp³-hybridized carbons (Fsp3) is 0.333. The zero-order valence-electron chi connectivity index (χ0n) is 10.2. The monoisotopic (exact) mass is 252 g/mol. The third-order valence-electron chi connectivity index (χ3n) is 2.66. The molecule has 0 saturated heterocycles.